The van der Waals surface area contributed by atoms with Crippen LogP contribution >= 0.6 is 11.3 Å². The van der Waals surface area contributed by atoms with E-state index < -0.39 is 0 Å². The molecule has 0 saturated carbocycles. The molecule has 1 aromatic heterocycles. The summed E-state index contributed by atoms with van der Waals surface area (Å²) in [7, 11) is 0. The molecule has 2 aliphatic rings. The van der Waals surface area contributed by atoms with E-state index in [1.54, 1.807) is 17.4 Å². The molecule has 5 nitrogen and oxygen atoms in total. The fraction of sp³-hybridized carbons (Fsp3) is 0.619. The summed E-state index contributed by atoms with van der Waals surface area (Å²) in [6.07, 6.45) is 6.02. The number of piperidine rings is 2. The van der Waals surface area contributed by atoms with E-state index in [0.717, 1.165) is 57.0 Å². The first-order chi connectivity index (χ1) is 13.1. The molecule has 2 amide bonds. The van der Waals surface area contributed by atoms with Crippen LogP contribution in [0, 0.1) is 5.92 Å². The van der Waals surface area contributed by atoms with E-state index >= 15 is 0 Å². The summed E-state index contributed by atoms with van der Waals surface area (Å²) in [6.45, 7) is 9.63. The Morgan fingerprint density at radius 1 is 1.33 bits per heavy atom. The van der Waals surface area contributed by atoms with Gasteiger partial charge in [0.1, 0.15) is 0 Å². The molecule has 6 heteroatoms. The van der Waals surface area contributed by atoms with Gasteiger partial charge in [0, 0.05) is 49.6 Å². The third-order valence-corrected chi connectivity index (χ3v) is 6.78. The molecule has 148 valence electrons. The van der Waals surface area contributed by atoms with Crippen molar-refractivity contribution in [3.63, 3.8) is 0 Å². The van der Waals surface area contributed by atoms with Gasteiger partial charge in [0.05, 0.1) is 0 Å². The van der Waals surface area contributed by atoms with Gasteiger partial charge in [0.15, 0.2) is 0 Å². The molecular weight excluding hydrogens is 358 g/mol. The zero-order valence-corrected chi connectivity index (χ0v) is 17.3. The molecule has 0 unspecified atom stereocenters. The number of thiophene rings is 1. The predicted molar refractivity (Wildman–Crippen MR) is 111 cm³/mol. The van der Waals surface area contributed by atoms with E-state index in [4.69, 9.17) is 0 Å². The van der Waals surface area contributed by atoms with Gasteiger partial charge in [-0.2, -0.15) is 0 Å². The summed E-state index contributed by atoms with van der Waals surface area (Å²) < 4.78 is 0. The maximum Gasteiger partial charge on any atom is 0.246 e. The largest absolute Gasteiger partial charge is 0.339 e. The number of hydrogen-bond donors (Lipinski definition) is 0. The van der Waals surface area contributed by atoms with Gasteiger partial charge in [0.2, 0.25) is 11.8 Å². The Kier molecular flexibility index (Phi) is 7.07. The predicted octanol–water partition coefficient (Wildman–Crippen LogP) is 2.94. The van der Waals surface area contributed by atoms with Gasteiger partial charge < -0.3 is 14.7 Å². The van der Waals surface area contributed by atoms with Gasteiger partial charge in [-0.1, -0.05) is 19.9 Å². The van der Waals surface area contributed by atoms with Crippen molar-refractivity contribution in [1.82, 2.24) is 14.7 Å². The number of likely N-dealkylation sites (N-methyl/N-ethyl adjacent to an activating group) is 1. The lowest BCUT2D eigenvalue weighted by atomic mass is 9.83. The topological polar surface area (TPSA) is 43.9 Å². The maximum atomic E-state index is 12.6. The molecule has 3 heterocycles. The summed E-state index contributed by atoms with van der Waals surface area (Å²) in [4.78, 5) is 32.6. The summed E-state index contributed by atoms with van der Waals surface area (Å²) in [5.41, 5.74) is 0. The molecule has 0 aromatic carbocycles. The number of likely N-dealkylation sites (tertiary alicyclic amines) is 2. The maximum absolute atomic E-state index is 12.6. The van der Waals surface area contributed by atoms with Crippen molar-refractivity contribution in [3.8, 4) is 0 Å². The van der Waals surface area contributed by atoms with Crippen molar-refractivity contribution in [2.24, 2.45) is 5.92 Å². The number of rotatable bonds is 7. The zero-order chi connectivity index (χ0) is 19.2. The highest BCUT2D eigenvalue weighted by molar-refractivity contribution is 7.10. The Hall–Kier alpha value is -1.66. The van der Waals surface area contributed by atoms with E-state index in [-0.39, 0.29) is 5.91 Å². The molecule has 0 spiro atoms. The molecule has 1 aromatic rings. The van der Waals surface area contributed by atoms with Crippen LogP contribution in [0.5, 0.6) is 0 Å². The minimum absolute atomic E-state index is 0.0911. The summed E-state index contributed by atoms with van der Waals surface area (Å²) in [6, 6.07) is 4.31. The van der Waals surface area contributed by atoms with Crippen LogP contribution in [0.15, 0.2) is 23.6 Å². The van der Waals surface area contributed by atoms with E-state index in [0.29, 0.717) is 24.3 Å². The Labute approximate surface area is 166 Å². The normalized spacial score (nSPS) is 23.3. The first kappa shape index (κ1) is 20.1. The fourth-order valence-corrected chi connectivity index (χ4v) is 4.89. The molecule has 2 atom stereocenters. The van der Waals surface area contributed by atoms with Gasteiger partial charge in [-0.25, -0.2) is 0 Å². The lowest BCUT2D eigenvalue weighted by Gasteiger charge is -2.47. The molecule has 2 saturated heterocycles. The van der Waals surface area contributed by atoms with E-state index in [1.165, 1.54) is 0 Å². The van der Waals surface area contributed by atoms with Crippen LogP contribution in [-0.4, -0.2) is 71.8 Å². The van der Waals surface area contributed by atoms with Crippen molar-refractivity contribution in [1.29, 1.82) is 0 Å². The molecule has 0 N–H and O–H groups in total. The Morgan fingerprint density at radius 2 is 2.15 bits per heavy atom. The van der Waals surface area contributed by atoms with E-state index in [1.807, 2.05) is 28.5 Å². The van der Waals surface area contributed by atoms with Crippen LogP contribution in [0.25, 0.3) is 6.08 Å². The minimum Gasteiger partial charge on any atom is -0.339 e. The highest BCUT2D eigenvalue weighted by atomic mass is 32.1. The van der Waals surface area contributed by atoms with E-state index in [2.05, 4.69) is 23.6 Å². The van der Waals surface area contributed by atoms with Crippen molar-refractivity contribution in [3.05, 3.63) is 28.5 Å². The highest BCUT2D eigenvalue weighted by Gasteiger charge is 2.39. The van der Waals surface area contributed by atoms with Crippen molar-refractivity contribution >= 4 is 29.2 Å². The summed E-state index contributed by atoms with van der Waals surface area (Å²) in [5, 5.41) is 2.02. The molecular formula is C21H31N3O2S. The molecule has 2 aliphatic heterocycles. The first-order valence-electron chi connectivity index (χ1n) is 10.1. The molecule has 27 heavy (non-hydrogen) atoms. The number of nitrogens with zero attached hydrogens (tertiary/aromatic N) is 3. The third-order valence-electron chi connectivity index (χ3n) is 5.94. The van der Waals surface area contributed by atoms with Crippen molar-refractivity contribution in [2.75, 3.05) is 39.3 Å². The standard InChI is InChI=1S/C21H31N3O2S/c1-3-22(4-2)13-14-24-19-11-12-23(16-17(19)7-9-21(24)26)20(25)10-8-18-6-5-15-27-18/h5-6,8,10,15,17,19H,3-4,7,9,11-14,16H2,1-2H3/b10-8+/t17-,19+/m0/s1. The van der Waals surface area contributed by atoms with Crippen LogP contribution in [-0.2, 0) is 9.59 Å². The van der Waals surface area contributed by atoms with Gasteiger partial charge >= 0.3 is 0 Å². The number of carbonyl (C=O) groups excluding carboxylic acids is 2. The zero-order valence-electron chi connectivity index (χ0n) is 16.5. The second-order valence-corrected chi connectivity index (χ2v) is 8.38. The second kappa shape index (κ2) is 9.51. The van der Waals surface area contributed by atoms with Gasteiger partial charge in [-0.15, -0.1) is 11.3 Å². The number of fused-ring (bicyclic) bond motifs is 1. The SMILES string of the molecule is CCN(CC)CCN1C(=O)CC[C@H]2CN(C(=O)/C=C/c3cccs3)CC[C@H]21. The average Bonchev–Trinajstić information content (AvgIpc) is 3.21. The minimum atomic E-state index is 0.0911. The Balaban J connectivity index is 1.57. The summed E-state index contributed by atoms with van der Waals surface area (Å²) in [5.74, 6) is 0.793. The van der Waals surface area contributed by atoms with Crippen LogP contribution in [0.3, 0.4) is 0 Å². The summed E-state index contributed by atoms with van der Waals surface area (Å²) >= 11 is 1.64. The molecule has 3 rings (SSSR count). The lowest BCUT2D eigenvalue weighted by Crippen LogP contribution is -2.57. The number of hydrogen-bond acceptors (Lipinski definition) is 4. The monoisotopic (exact) mass is 389 g/mol. The first-order valence-corrected chi connectivity index (χ1v) is 11.0. The molecule has 0 radical (unpaired) electrons. The van der Waals surface area contributed by atoms with Crippen LogP contribution < -0.4 is 0 Å². The Morgan fingerprint density at radius 3 is 2.85 bits per heavy atom. The van der Waals surface area contributed by atoms with Crippen LogP contribution in [0.2, 0.25) is 0 Å². The van der Waals surface area contributed by atoms with E-state index in [9.17, 15) is 9.59 Å². The molecule has 2 fully saturated rings. The lowest BCUT2D eigenvalue weighted by molar-refractivity contribution is -0.143. The third kappa shape index (κ3) is 4.99. The van der Waals surface area contributed by atoms with Crippen molar-refractivity contribution in [2.45, 2.75) is 39.2 Å². The molecule has 0 aliphatic carbocycles. The fourth-order valence-electron chi connectivity index (χ4n) is 4.28. The Bertz CT molecular complexity index is 654. The van der Waals surface area contributed by atoms with Gasteiger partial charge in [0.25, 0.3) is 0 Å². The smallest absolute Gasteiger partial charge is 0.246 e. The number of carbonyl (C=O) groups is 2. The van der Waals surface area contributed by atoms with Gasteiger partial charge in [-0.3, -0.25) is 9.59 Å². The average molecular weight is 390 g/mol. The quantitative estimate of drug-likeness (QED) is 0.674. The second-order valence-electron chi connectivity index (χ2n) is 7.40. The number of amides is 2. The van der Waals surface area contributed by atoms with Crippen LogP contribution in [0.4, 0.5) is 0 Å². The van der Waals surface area contributed by atoms with Crippen molar-refractivity contribution < 1.29 is 9.59 Å². The molecule has 0 bridgehead atoms. The van der Waals surface area contributed by atoms with Gasteiger partial charge in [-0.05, 0) is 49.4 Å². The van der Waals surface area contributed by atoms with Crippen LogP contribution in [0.1, 0.15) is 38.0 Å². The highest BCUT2D eigenvalue weighted by Crippen LogP contribution is 2.31.